The molecule has 1 aromatic rings. The minimum absolute atomic E-state index is 0.0153. The summed E-state index contributed by atoms with van der Waals surface area (Å²) in [6, 6.07) is 1.68. The fourth-order valence-electron chi connectivity index (χ4n) is 2.54. The van der Waals surface area contributed by atoms with Crippen LogP contribution in [0.25, 0.3) is 0 Å². The average Bonchev–Trinajstić information content (AvgIpc) is 2.83. The molecule has 0 aliphatic carbocycles. The van der Waals surface area contributed by atoms with Crippen molar-refractivity contribution < 1.29 is 9.63 Å². The van der Waals surface area contributed by atoms with E-state index in [1.807, 2.05) is 0 Å². The van der Waals surface area contributed by atoms with Crippen LogP contribution in [-0.2, 0) is 0 Å². The van der Waals surface area contributed by atoms with E-state index >= 15 is 0 Å². The Balaban J connectivity index is 2.36. The van der Waals surface area contributed by atoms with Crippen LogP contribution in [0.2, 0.25) is 0 Å². The van der Waals surface area contributed by atoms with Gasteiger partial charge in [-0.25, -0.2) is 0 Å². The van der Waals surface area contributed by atoms with Crippen LogP contribution in [0.5, 0.6) is 5.88 Å². The van der Waals surface area contributed by atoms with Crippen LogP contribution in [0.3, 0.4) is 0 Å². The Labute approximate surface area is 117 Å². The van der Waals surface area contributed by atoms with E-state index in [1.165, 1.54) is 51.4 Å². The van der Waals surface area contributed by atoms with Gasteiger partial charge in [0, 0.05) is 12.0 Å². The summed E-state index contributed by atoms with van der Waals surface area (Å²) in [5, 5.41) is 12.9. The van der Waals surface area contributed by atoms with Gasteiger partial charge in [-0.3, -0.25) is 0 Å². The maximum absolute atomic E-state index is 9.31. The summed E-state index contributed by atoms with van der Waals surface area (Å²) in [7, 11) is 0. The number of aromatic nitrogens is 1. The number of aromatic hydroxyl groups is 1. The first kappa shape index (κ1) is 16.1. The first-order valence-electron chi connectivity index (χ1n) is 7.93. The minimum atomic E-state index is 0.0153. The van der Waals surface area contributed by atoms with Crippen LogP contribution in [0.1, 0.15) is 89.7 Å². The molecule has 0 spiro atoms. The fourth-order valence-corrected chi connectivity index (χ4v) is 2.54. The van der Waals surface area contributed by atoms with Gasteiger partial charge in [-0.15, -0.1) is 0 Å². The van der Waals surface area contributed by atoms with Gasteiger partial charge in [0.2, 0.25) is 0 Å². The van der Waals surface area contributed by atoms with Crippen molar-refractivity contribution >= 4 is 0 Å². The monoisotopic (exact) mass is 267 g/mol. The van der Waals surface area contributed by atoms with Crippen LogP contribution in [0, 0.1) is 0 Å². The molecule has 1 atom stereocenters. The summed E-state index contributed by atoms with van der Waals surface area (Å²) in [6.07, 6.45) is 12.6. The molecular formula is C16H29NO2. The van der Waals surface area contributed by atoms with Gasteiger partial charge in [0.15, 0.2) is 0 Å². The van der Waals surface area contributed by atoms with E-state index in [9.17, 15) is 5.11 Å². The highest BCUT2D eigenvalue weighted by Gasteiger charge is 2.16. The summed E-state index contributed by atoms with van der Waals surface area (Å²) < 4.78 is 5.24. The molecule has 1 unspecified atom stereocenters. The lowest BCUT2D eigenvalue weighted by atomic mass is 9.92. The number of rotatable bonds is 11. The smallest absolute Gasteiger partial charge is 0.251 e. The van der Waals surface area contributed by atoms with Gasteiger partial charge in [-0.05, 0) is 18.0 Å². The molecule has 0 saturated carbocycles. The molecule has 0 bridgehead atoms. The quantitative estimate of drug-likeness (QED) is 0.546. The zero-order valence-electron chi connectivity index (χ0n) is 12.5. The summed E-state index contributed by atoms with van der Waals surface area (Å²) in [6.45, 7) is 4.46. The summed E-state index contributed by atoms with van der Waals surface area (Å²) in [5.41, 5.74) is 0. The van der Waals surface area contributed by atoms with Crippen molar-refractivity contribution in [1.29, 1.82) is 0 Å². The lowest BCUT2D eigenvalue weighted by molar-refractivity contribution is 0.315. The minimum Gasteiger partial charge on any atom is -0.491 e. The second-order valence-electron chi connectivity index (χ2n) is 5.48. The van der Waals surface area contributed by atoms with E-state index < -0.39 is 0 Å². The van der Waals surface area contributed by atoms with Crippen molar-refractivity contribution in [3.8, 4) is 5.88 Å². The van der Waals surface area contributed by atoms with Gasteiger partial charge < -0.3 is 9.63 Å². The molecule has 1 heterocycles. The van der Waals surface area contributed by atoms with Gasteiger partial charge in [0.05, 0.1) is 0 Å². The molecule has 0 aliphatic rings. The molecule has 0 saturated heterocycles. The van der Waals surface area contributed by atoms with Gasteiger partial charge in [-0.1, -0.05) is 65.2 Å². The van der Waals surface area contributed by atoms with Crippen LogP contribution in [0.4, 0.5) is 0 Å². The van der Waals surface area contributed by atoms with Crippen molar-refractivity contribution in [2.24, 2.45) is 0 Å². The second kappa shape index (κ2) is 9.88. The largest absolute Gasteiger partial charge is 0.491 e. The molecule has 0 aromatic carbocycles. The van der Waals surface area contributed by atoms with E-state index in [1.54, 1.807) is 6.07 Å². The lowest BCUT2D eigenvalue weighted by Crippen LogP contribution is -1.98. The number of hydrogen-bond acceptors (Lipinski definition) is 3. The molecule has 0 amide bonds. The highest BCUT2D eigenvalue weighted by molar-refractivity contribution is 5.12. The third-order valence-corrected chi connectivity index (χ3v) is 3.73. The zero-order chi connectivity index (χ0) is 13.9. The van der Waals surface area contributed by atoms with Crippen molar-refractivity contribution in [3.05, 3.63) is 11.8 Å². The van der Waals surface area contributed by atoms with Gasteiger partial charge >= 0.3 is 0 Å². The summed E-state index contributed by atoms with van der Waals surface area (Å²) in [4.78, 5) is 0. The molecule has 3 heteroatoms. The van der Waals surface area contributed by atoms with E-state index in [4.69, 9.17) is 4.52 Å². The number of unbranched alkanes of at least 4 members (excludes halogenated alkanes) is 6. The predicted octanol–water partition coefficient (Wildman–Crippen LogP) is 5.40. The molecule has 1 rings (SSSR count). The Hall–Kier alpha value is -0.990. The first-order valence-corrected chi connectivity index (χ1v) is 7.93. The fraction of sp³-hybridized carbons (Fsp3) is 0.812. The third kappa shape index (κ3) is 6.65. The van der Waals surface area contributed by atoms with Crippen molar-refractivity contribution in [3.63, 3.8) is 0 Å². The van der Waals surface area contributed by atoms with Crippen molar-refractivity contribution in [2.45, 2.75) is 84.0 Å². The van der Waals surface area contributed by atoms with Gasteiger partial charge in [0.25, 0.3) is 5.88 Å². The molecule has 110 valence electrons. The van der Waals surface area contributed by atoms with Crippen LogP contribution < -0.4 is 0 Å². The SMILES string of the molecule is CCCCCCCC(CCCCC)c1cc(O)no1. The van der Waals surface area contributed by atoms with Crippen molar-refractivity contribution in [2.75, 3.05) is 0 Å². The zero-order valence-corrected chi connectivity index (χ0v) is 12.5. The maximum Gasteiger partial charge on any atom is 0.251 e. The van der Waals surface area contributed by atoms with Crippen LogP contribution in [-0.4, -0.2) is 10.3 Å². The Bertz CT molecular complexity index is 322. The molecule has 0 fully saturated rings. The van der Waals surface area contributed by atoms with E-state index in [2.05, 4.69) is 19.0 Å². The molecule has 3 nitrogen and oxygen atoms in total. The Morgan fingerprint density at radius 2 is 1.58 bits per heavy atom. The third-order valence-electron chi connectivity index (χ3n) is 3.73. The average molecular weight is 267 g/mol. The van der Waals surface area contributed by atoms with E-state index in [0.29, 0.717) is 5.92 Å². The molecule has 0 aliphatic heterocycles. The first-order chi connectivity index (χ1) is 9.27. The summed E-state index contributed by atoms with van der Waals surface area (Å²) in [5.74, 6) is 1.31. The molecule has 1 aromatic heterocycles. The highest BCUT2D eigenvalue weighted by Crippen LogP contribution is 2.30. The molecule has 0 radical (unpaired) electrons. The topological polar surface area (TPSA) is 46.3 Å². The molecule has 1 N–H and O–H groups in total. The second-order valence-corrected chi connectivity index (χ2v) is 5.48. The Kier molecular flexibility index (Phi) is 8.35. The predicted molar refractivity (Wildman–Crippen MR) is 78.4 cm³/mol. The van der Waals surface area contributed by atoms with Crippen LogP contribution in [0.15, 0.2) is 10.6 Å². The highest BCUT2D eigenvalue weighted by atomic mass is 16.5. The van der Waals surface area contributed by atoms with E-state index in [-0.39, 0.29) is 5.88 Å². The van der Waals surface area contributed by atoms with Crippen LogP contribution >= 0.6 is 0 Å². The maximum atomic E-state index is 9.31. The van der Waals surface area contributed by atoms with E-state index in [0.717, 1.165) is 18.6 Å². The summed E-state index contributed by atoms with van der Waals surface area (Å²) >= 11 is 0. The Morgan fingerprint density at radius 3 is 2.16 bits per heavy atom. The standard InChI is InChI=1S/C16H29NO2/c1-3-5-7-8-10-12-14(11-9-6-4-2)15-13-16(18)17-19-15/h13-14H,3-12H2,1-2H3,(H,17,18). The van der Waals surface area contributed by atoms with Crippen molar-refractivity contribution in [1.82, 2.24) is 5.16 Å². The molecule has 19 heavy (non-hydrogen) atoms. The van der Waals surface area contributed by atoms with Gasteiger partial charge in [-0.2, -0.15) is 0 Å². The normalized spacial score (nSPS) is 12.7. The number of hydrogen-bond donors (Lipinski definition) is 1. The lowest BCUT2D eigenvalue weighted by Gasteiger charge is -2.13. The Morgan fingerprint density at radius 1 is 1.00 bits per heavy atom. The molecular weight excluding hydrogens is 238 g/mol. The number of nitrogens with zero attached hydrogens (tertiary/aromatic N) is 1. The van der Waals surface area contributed by atoms with Gasteiger partial charge in [0.1, 0.15) is 5.76 Å².